The molecule has 48 heavy (non-hydrogen) atoms. The average Bonchev–Trinajstić information content (AvgIpc) is 3.36. The van der Waals surface area contributed by atoms with Crippen LogP contribution in [0.3, 0.4) is 0 Å². The van der Waals surface area contributed by atoms with Crippen LogP contribution in [-0.2, 0) is 16.1 Å². The van der Waals surface area contributed by atoms with Gasteiger partial charge in [0, 0.05) is 30.7 Å². The van der Waals surface area contributed by atoms with Crippen molar-refractivity contribution in [1.29, 1.82) is 0 Å². The first kappa shape index (κ1) is 36.3. The normalized spacial score (nSPS) is 15.2. The Morgan fingerprint density at radius 2 is 1.62 bits per heavy atom. The molecule has 1 aromatic heterocycles. The number of carbonyl (C=O) groups is 3. The van der Waals surface area contributed by atoms with Crippen LogP contribution in [0.1, 0.15) is 55.7 Å². The van der Waals surface area contributed by atoms with Gasteiger partial charge in [-0.1, -0.05) is 36.4 Å². The number of ether oxygens (including phenoxy) is 2. The van der Waals surface area contributed by atoms with Crippen molar-refractivity contribution in [3.8, 4) is 28.1 Å². The summed E-state index contributed by atoms with van der Waals surface area (Å²) < 4.78 is 87.6. The molecule has 0 bridgehead atoms. The van der Waals surface area contributed by atoms with E-state index in [1.165, 1.54) is 18.2 Å². The zero-order valence-corrected chi connectivity index (χ0v) is 27.0. The van der Waals surface area contributed by atoms with Crippen molar-refractivity contribution >= 4 is 18.0 Å². The number of nitrogens with zero attached hydrogens (tertiary/aromatic N) is 3. The molecule has 1 aliphatic heterocycles. The van der Waals surface area contributed by atoms with Crippen molar-refractivity contribution in [2.24, 2.45) is 0 Å². The van der Waals surface area contributed by atoms with Gasteiger partial charge in [-0.2, -0.15) is 13.2 Å². The zero-order chi connectivity index (χ0) is 35.6. The summed E-state index contributed by atoms with van der Waals surface area (Å²) in [6, 6.07) is 14.1. The fourth-order valence-corrected chi connectivity index (χ4v) is 5.59. The van der Waals surface area contributed by atoms with Gasteiger partial charge < -0.3 is 29.2 Å². The number of hydrogen-bond acceptors (Lipinski definition) is 6. The van der Waals surface area contributed by atoms with Gasteiger partial charge in [-0.05, 0) is 82.6 Å². The van der Waals surface area contributed by atoms with Gasteiger partial charge in [0.25, 0.3) is 5.91 Å². The molecule has 0 radical (unpaired) electrons. The molecule has 9 nitrogen and oxygen atoms in total. The highest BCUT2D eigenvalue weighted by atomic mass is 19.4. The van der Waals surface area contributed by atoms with Gasteiger partial charge in [0.05, 0.1) is 11.7 Å². The Morgan fingerprint density at radius 3 is 2.21 bits per heavy atom. The quantitative estimate of drug-likeness (QED) is 0.146. The maximum absolute atomic E-state index is 13.2. The predicted molar refractivity (Wildman–Crippen MR) is 164 cm³/mol. The van der Waals surface area contributed by atoms with Gasteiger partial charge in [0.15, 0.2) is 0 Å². The standard InChI is InChI=1S/C33H36F6N4O5/c1-31(2,3)42(30(46)47-29(45)32(34,35)36)15-7-9-23-18-40-28(44)26-17-25(22-8-6-10-24(16-22)48-33(37,38)39)27(43(23)26)21-13-11-20(12-14-21)19-41(4)5/h6,8,10-14,16-17,23H,7,9,15,18-19H2,1-5H3,(H,40,44)/t23-/m0/s1. The fraction of sp³-hybridized carbons (Fsp3) is 0.424. The SMILES string of the molecule is CN(C)Cc1ccc(-c2c(-c3cccc(OC(F)(F)F)c3)cc3n2[C@@H](CCCN(C(=O)OC(=O)C(F)(F)F)C(C)(C)C)CNC3=O)cc1. The number of halogens is 6. The molecule has 0 spiro atoms. The summed E-state index contributed by atoms with van der Waals surface area (Å²) in [5.41, 5.74) is 2.35. The van der Waals surface area contributed by atoms with Gasteiger partial charge in [0.2, 0.25) is 0 Å². The number of nitrogens with one attached hydrogen (secondary N) is 1. The Labute approximate surface area is 273 Å². The topological polar surface area (TPSA) is 93.1 Å². The van der Waals surface area contributed by atoms with Crippen LogP contribution in [-0.4, -0.2) is 77.6 Å². The summed E-state index contributed by atoms with van der Waals surface area (Å²) in [7, 11) is 3.84. The lowest BCUT2D eigenvalue weighted by molar-refractivity contribution is -0.274. The Bertz CT molecular complexity index is 1640. The maximum atomic E-state index is 13.2. The summed E-state index contributed by atoms with van der Waals surface area (Å²) in [5, 5.41) is 2.83. The molecule has 2 amide bonds. The highest BCUT2D eigenvalue weighted by molar-refractivity contribution is 5.98. The van der Waals surface area contributed by atoms with Crippen LogP contribution in [0.25, 0.3) is 22.4 Å². The lowest BCUT2D eigenvalue weighted by Crippen LogP contribution is -2.48. The van der Waals surface area contributed by atoms with Crippen molar-refractivity contribution in [2.75, 3.05) is 27.2 Å². The van der Waals surface area contributed by atoms with E-state index in [2.05, 4.69) is 14.8 Å². The molecule has 0 unspecified atom stereocenters. The molecule has 1 N–H and O–H groups in total. The molecule has 2 heterocycles. The first-order valence-corrected chi connectivity index (χ1v) is 15.0. The second-order valence-electron chi connectivity index (χ2n) is 12.7. The summed E-state index contributed by atoms with van der Waals surface area (Å²) in [6.07, 6.45) is -11.2. The Balaban J connectivity index is 1.72. The molecule has 15 heteroatoms. The second-order valence-corrected chi connectivity index (χ2v) is 12.7. The Kier molecular flexibility index (Phi) is 10.5. The highest BCUT2D eigenvalue weighted by Gasteiger charge is 2.44. The number of carbonyl (C=O) groups excluding carboxylic acids is 3. The van der Waals surface area contributed by atoms with E-state index in [-0.39, 0.29) is 25.2 Å². The summed E-state index contributed by atoms with van der Waals surface area (Å²) in [4.78, 5) is 40.1. The van der Waals surface area contributed by atoms with E-state index in [0.29, 0.717) is 35.3 Å². The van der Waals surface area contributed by atoms with Gasteiger partial charge in [-0.15, -0.1) is 13.2 Å². The minimum Gasteiger partial charge on any atom is -0.406 e. The van der Waals surface area contributed by atoms with Crippen molar-refractivity contribution < 1.29 is 50.2 Å². The van der Waals surface area contributed by atoms with Gasteiger partial charge in [-0.25, -0.2) is 9.59 Å². The lowest BCUT2D eigenvalue weighted by Gasteiger charge is -2.35. The van der Waals surface area contributed by atoms with Crippen LogP contribution in [0.15, 0.2) is 54.6 Å². The van der Waals surface area contributed by atoms with Crippen molar-refractivity contribution in [1.82, 2.24) is 19.7 Å². The van der Waals surface area contributed by atoms with E-state index >= 15 is 0 Å². The number of rotatable bonds is 9. The van der Waals surface area contributed by atoms with Gasteiger partial charge in [0.1, 0.15) is 11.4 Å². The zero-order valence-electron chi connectivity index (χ0n) is 27.0. The summed E-state index contributed by atoms with van der Waals surface area (Å²) >= 11 is 0. The smallest absolute Gasteiger partial charge is 0.406 e. The van der Waals surface area contributed by atoms with Crippen molar-refractivity contribution in [3.63, 3.8) is 0 Å². The number of benzene rings is 2. The molecule has 0 fully saturated rings. The van der Waals surface area contributed by atoms with Crippen LogP contribution < -0.4 is 10.1 Å². The molecular formula is C33H36F6N4O5. The molecule has 1 atom stereocenters. The minimum absolute atomic E-state index is 0.0766. The summed E-state index contributed by atoms with van der Waals surface area (Å²) in [5.74, 6) is -3.46. The van der Waals surface area contributed by atoms with Crippen LogP contribution in [0.4, 0.5) is 31.1 Å². The average molecular weight is 683 g/mol. The van der Waals surface area contributed by atoms with E-state index in [0.717, 1.165) is 10.5 Å². The third-order valence-corrected chi connectivity index (χ3v) is 7.60. The fourth-order valence-electron chi connectivity index (χ4n) is 5.59. The molecule has 0 saturated carbocycles. The molecular weight excluding hydrogens is 646 g/mol. The minimum atomic E-state index is -5.35. The Hall–Kier alpha value is -4.53. The van der Waals surface area contributed by atoms with Gasteiger partial charge >= 0.3 is 24.6 Å². The number of esters is 1. The molecule has 1 aliphatic rings. The van der Waals surface area contributed by atoms with Crippen molar-refractivity contribution in [2.45, 2.75) is 64.3 Å². The predicted octanol–water partition coefficient (Wildman–Crippen LogP) is 7.17. The van der Waals surface area contributed by atoms with E-state index in [1.807, 2.05) is 43.3 Å². The van der Waals surface area contributed by atoms with Crippen LogP contribution in [0.2, 0.25) is 0 Å². The third kappa shape index (κ3) is 8.88. The number of alkyl halides is 6. The van der Waals surface area contributed by atoms with Crippen molar-refractivity contribution in [3.05, 3.63) is 65.9 Å². The first-order valence-electron chi connectivity index (χ1n) is 15.0. The number of fused-ring (bicyclic) bond motifs is 1. The highest BCUT2D eigenvalue weighted by Crippen LogP contribution is 2.41. The lowest BCUT2D eigenvalue weighted by atomic mass is 9.99. The van der Waals surface area contributed by atoms with Crippen LogP contribution in [0, 0.1) is 0 Å². The monoisotopic (exact) mass is 682 g/mol. The maximum Gasteiger partial charge on any atom is 0.573 e. The van der Waals surface area contributed by atoms with E-state index < -0.39 is 47.8 Å². The summed E-state index contributed by atoms with van der Waals surface area (Å²) in [6.45, 7) is 5.49. The molecule has 0 saturated heterocycles. The van der Waals surface area contributed by atoms with Crippen LogP contribution >= 0.6 is 0 Å². The third-order valence-electron chi connectivity index (χ3n) is 7.60. The van der Waals surface area contributed by atoms with Crippen LogP contribution in [0.5, 0.6) is 5.75 Å². The van der Waals surface area contributed by atoms with Gasteiger partial charge in [-0.3, -0.25) is 4.79 Å². The number of aromatic nitrogens is 1. The first-order chi connectivity index (χ1) is 22.2. The van der Waals surface area contributed by atoms with E-state index in [4.69, 9.17) is 0 Å². The Morgan fingerprint density at radius 1 is 0.958 bits per heavy atom. The molecule has 3 aromatic rings. The number of hydrogen-bond donors (Lipinski definition) is 1. The van der Waals surface area contributed by atoms with E-state index in [9.17, 15) is 40.7 Å². The molecule has 0 aliphatic carbocycles. The number of amides is 2. The molecule has 4 rings (SSSR count). The molecule has 260 valence electrons. The molecule has 2 aromatic carbocycles. The second kappa shape index (κ2) is 13.9. The van der Waals surface area contributed by atoms with E-state index in [1.54, 1.807) is 37.5 Å². The largest absolute Gasteiger partial charge is 0.573 e.